The Bertz CT molecular complexity index is 2160. The van der Waals surface area contributed by atoms with E-state index in [2.05, 4.69) is 10.3 Å². The van der Waals surface area contributed by atoms with Gasteiger partial charge in [-0.05, 0) is 107 Å². The van der Waals surface area contributed by atoms with Gasteiger partial charge < -0.3 is 48.6 Å². The van der Waals surface area contributed by atoms with Crippen LogP contribution in [0.3, 0.4) is 0 Å². The summed E-state index contributed by atoms with van der Waals surface area (Å²) in [6.07, 6.45) is 13.4. The number of nitrogens with zero attached hydrogens (tertiary/aromatic N) is 4. The van der Waals surface area contributed by atoms with Crippen molar-refractivity contribution in [3.63, 3.8) is 0 Å². The maximum atomic E-state index is 14.6. The van der Waals surface area contributed by atoms with Crippen LogP contribution in [0.1, 0.15) is 131 Å². The van der Waals surface area contributed by atoms with Crippen LogP contribution in [0.5, 0.6) is 0 Å². The number of cyclic esters (lactones) is 1. The summed E-state index contributed by atoms with van der Waals surface area (Å²) in [6.45, 7) is 13.3. The fraction of sp³-hybridized carbons (Fsp3) is 0.732. The van der Waals surface area contributed by atoms with Crippen molar-refractivity contribution in [1.82, 2.24) is 19.9 Å². The minimum atomic E-state index is -2.45. The lowest BCUT2D eigenvalue weighted by Gasteiger charge is -2.42. The molecule has 4 heterocycles. The number of methoxy groups -OCH3 is 3. The van der Waals surface area contributed by atoms with Gasteiger partial charge in [0, 0.05) is 58.5 Å². The lowest BCUT2D eigenvalue weighted by molar-refractivity contribution is -0.265. The van der Waals surface area contributed by atoms with Crippen LogP contribution in [0.15, 0.2) is 53.8 Å². The fourth-order valence-corrected chi connectivity index (χ4v) is 11.1. The van der Waals surface area contributed by atoms with Crippen LogP contribution in [-0.4, -0.2) is 153 Å². The molecule has 0 spiro atoms. The molecule has 18 heteroatoms. The minimum absolute atomic E-state index is 0.00837. The number of ether oxygens (including phenoxy) is 6. The molecule has 1 aromatic rings. The second kappa shape index (κ2) is 28.7. The Morgan fingerprint density at radius 3 is 2.34 bits per heavy atom. The molecule has 2 bridgehead atoms. The normalized spacial score (nSPS) is 37.0. The molecule has 4 aliphatic rings. The molecule has 18 nitrogen and oxygen atoms in total. The molecule has 2 saturated heterocycles. The molecule has 3 aliphatic heterocycles. The number of carbonyl (C=O) groups excluding carboxylic acids is 5. The number of hydrogen-bond donors (Lipinski definition) is 3. The van der Waals surface area contributed by atoms with E-state index in [9.17, 15) is 39.3 Å². The highest BCUT2D eigenvalue weighted by Gasteiger charge is 2.53. The maximum Gasteiger partial charge on any atom is 0.329 e. The lowest BCUT2D eigenvalue weighted by atomic mass is 9.78. The number of allylic oxidation sites excluding steroid dienone is 6. The Balaban J connectivity index is 1.43. The Hall–Kier alpha value is -4.27. The number of rotatable bonds is 11. The monoisotopic (exact) mass is 1040 g/mol. The second-order valence-corrected chi connectivity index (χ2v) is 21.6. The number of esters is 1. The van der Waals surface area contributed by atoms with E-state index < -0.39 is 77.8 Å². The topological polar surface area (TPSA) is 235 Å². The quantitative estimate of drug-likeness (QED) is 0.131. The van der Waals surface area contributed by atoms with Crippen molar-refractivity contribution in [2.24, 2.45) is 35.5 Å². The number of hydrogen-bond acceptors (Lipinski definition) is 16. The van der Waals surface area contributed by atoms with Crippen molar-refractivity contribution >= 4 is 29.2 Å². The van der Waals surface area contributed by atoms with Crippen LogP contribution in [-0.2, 0) is 65.5 Å². The number of fused-ring (bicyclic) bond motifs is 3. The number of Topliss-reactive ketones (excluding diaryl/α,β-unsaturated/α-hetero) is 3. The van der Waals surface area contributed by atoms with Crippen LogP contribution < -0.4 is 0 Å². The van der Waals surface area contributed by atoms with Gasteiger partial charge in [-0.3, -0.25) is 19.2 Å². The lowest BCUT2D eigenvalue weighted by Crippen LogP contribution is -2.61. The molecule has 0 unspecified atom stereocenters. The van der Waals surface area contributed by atoms with Crippen LogP contribution in [0.2, 0.25) is 0 Å². The van der Waals surface area contributed by atoms with Crippen LogP contribution >= 0.6 is 0 Å². The number of aromatic nitrogens is 3. The summed E-state index contributed by atoms with van der Waals surface area (Å²) in [6, 6.07) is -1.16. The van der Waals surface area contributed by atoms with Gasteiger partial charge in [0.1, 0.15) is 35.8 Å². The molecule has 0 radical (unpaired) electrons. The summed E-state index contributed by atoms with van der Waals surface area (Å²) in [5, 5.41) is 41.0. The van der Waals surface area contributed by atoms with Crippen molar-refractivity contribution < 1.29 is 67.7 Å². The molecule has 1 aliphatic carbocycles. The number of aliphatic hydroxyl groups is 3. The highest BCUT2D eigenvalue weighted by atomic mass is 16.6. The van der Waals surface area contributed by atoms with E-state index in [1.54, 1.807) is 51.9 Å². The zero-order valence-corrected chi connectivity index (χ0v) is 45.6. The number of carbonyl (C=O) groups is 5. The number of ketones is 3. The summed E-state index contributed by atoms with van der Waals surface area (Å²) in [5.74, 6) is -8.10. The van der Waals surface area contributed by atoms with Gasteiger partial charge in [-0.25, -0.2) is 9.48 Å². The number of amides is 1. The summed E-state index contributed by atoms with van der Waals surface area (Å²) >= 11 is 0. The van der Waals surface area contributed by atoms with E-state index >= 15 is 0 Å². The highest BCUT2D eigenvalue weighted by Crippen LogP contribution is 2.38. The largest absolute Gasteiger partial charge is 0.460 e. The summed E-state index contributed by atoms with van der Waals surface area (Å²) < 4.78 is 37.8. The Kier molecular flexibility index (Phi) is 23.5. The maximum absolute atomic E-state index is 14.6. The third-order valence-electron chi connectivity index (χ3n) is 15.8. The summed E-state index contributed by atoms with van der Waals surface area (Å²) in [4.78, 5) is 72.6. The number of piperidine rings is 1. The SMILES string of the molecule is CO[C@H]1C[C@@H]2CC[C@@H](C)[C@@](O)(O2)C(=O)C(=O)N2CCCC[C@H]2C(=O)O[C@H]([C@H](C)C[C@@H]2CC[C@@H](OCc3cn(CCO)nn3)[C@H](OC)C2)CC(=O)[C@H](C)/C=C(\C)[C@@H](O)[C@@H](OC)C(=O)[C@H](C)C[C@H](C)/C=C/C=C/C=C/1C. The first-order valence-corrected chi connectivity index (χ1v) is 26.8. The van der Waals surface area contributed by atoms with E-state index in [1.165, 1.54) is 12.0 Å². The zero-order chi connectivity index (χ0) is 54.3. The molecule has 1 amide bonds. The zero-order valence-electron chi connectivity index (χ0n) is 45.6. The number of aliphatic hydroxyl groups excluding tert-OH is 2. The smallest absolute Gasteiger partial charge is 0.329 e. The summed E-state index contributed by atoms with van der Waals surface area (Å²) in [7, 11) is 4.60. The first-order chi connectivity index (χ1) is 35.2. The van der Waals surface area contributed by atoms with Crippen LogP contribution in [0, 0.1) is 35.5 Å². The van der Waals surface area contributed by atoms with Crippen molar-refractivity contribution in [1.29, 1.82) is 0 Å². The molecule has 0 aromatic carbocycles. The van der Waals surface area contributed by atoms with Crippen molar-refractivity contribution in [3.05, 3.63) is 59.5 Å². The van der Waals surface area contributed by atoms with Crippen LogP contribution in [0.25, 0.3) is 0 Å². The summed E-state index contributed by atoms with van der Waals surface area (Å²) in [5.41, 5.74) is 1.89. The van der Waals surface area contributed by atoms with Crippen LogP contribution in [0.4, 0.5) is 0 Å². The Morgan fingerprint density at radius 2 is 1.64 bits per heavy atom. The average molecular weight is 1040 g/mol. The van der Waals surface area contributed by atoms with Crippen molar-refractivity contribution in [3.8, 4) is 0 Å². The molecule has 1 saturated carbocycles. The third-order valence-corrected chi connectivity index (χ3v) is 15.8. The van der Waals surface area contributed by atoms with E-state index in [1.807, 2.05) is 58.1 Å². The van der Waals surface area contributed by atoms with Gasteiger partial charge >= 0.3 is 5.97 Å². The van der Waals surface area contributed by atoms with Gasteiger partial charge in [0.2, 0.25) is 5.79 Å². The van der Waals surface area contributed by atoms with Gasteiger partial charge in [0.25, 0.3) is 11.7 Å². The average Bonchev–Trinajstić information content (AvgIpc) is 3.84. The van der Waals surface area contributed by atoms with Gasteiger partial charge in [0.05, 0.1) is 50.4 Å². The first kappa shape index (κ1) is 60.6. The molecule has 3 N–H and O–H groups in total. The fourth-order valence-electron chi connectivity index (χ4n) is 11.1. The highest BCUT2D eigenvalue weighted by molar-refractivity contribution is 6.39. The molecule has 74 heavy (non-hydrogen) atoms. The predicted octanol–water partition coefficient (Wildman–Crippen LogP) is 5.99. The minimum Gasteiger partial charge on any atom is -0.460 e. The molecule has 15 atom stereocenters. The third kappa shape index (κ3) is 16.1. The van der Waals surface area contributed by atoms with Crippen molar-refractivity contribution in [2.45, 2.75) is 193 Å². The first-order valence-electron chi connectivity index (χ1n) is 26.8. The van der Waals surface area contributed by atoms with Gasteiger partial charge in [-0.15, -0.1) is 5.10 Å². The molecular weight excluding hydrogens is 953 g/mol. The predicted molar refractivity (Wildman–Crippen MR) is 275 cm³/mol. The van der Waals surface area contributed by atoms with Crippen molar-refractivity contribution in [2.75, 3.05) is 34.5 Å². The molecular formula is C56H86N4O14. The van der Waals surface area contributed by atoms with Gasteiger partial charge in [0.15, 0.2) is 5.78 Å². The van der Waals surface area contributed by atoms with E-state index in [4.69, 9.17) is 28.4 Å². The standard InChI is InChI=1S/C56H86N4O14/c1-34-16-12-11-13-17-35(2)47(69-8)30-43-21-19-40(7)56(68,74-43)53(65)54(66)60-23-15-14-18-44(60)55(67)73-48(31-45(62)36(3)27-39(6)51(64)52(71-10)50(63)38(5)26-34)37(4)28-41-20-22-46(49(29-41)70-9)72-33-42-32-59(24-25-61)58-57-42/h11-13,16-17,27,32,34,36-38,40-41,43-44,46-49,51-52,61,64,68H,14-15,18-26,28-31,33H2,1-10H3/b13-11+,16-12+,35-17+,39-27+/t34-,36-,37-,38-,40-,41+,43+,44+,46-,47+,48+,49-,51-,52+,56-/m1/s1. The van der Waals surface area contributed by atoms with E-state index in [-0.39, 0.29) is 74.1 Å². The van der Waals surface area contributed by atoms with E-state index in [0.29, 0.717) is 75.6 Å². The Morgan fingerprint density at radius 1 is 0.878 bits per heavy atom. The second-order valence-electron chi connectivity index (χ2n) is 21.6. The Labute approximate surface area is 438 Å². The molecule has 1 aromatic heterocycles. The van der Waals surface area contributed by atoms with E-state index in [0.717, 1.165) is 12.0 Å². The van der Waals surface area contributed by atoms with Gasteiger partial charge in [-0.1, -0.05) is 76.3 Å². The molecule has 5 rings (SSSR count). The molecule has 3 fully saturated rings. The van der Waals surface area contributed by atoms with Gasteiger partial charge in [-0.2, -0.15) is 0 Å². The molecule has 414 valence electrons.